The van der Waals surface area contributed by atoms with E-state index in [2.05, 4.69) is 6.92 Å². The van der Waals surface area contributed by atoms with Crippen molar-refractivity contribution in [3.8, 4) is 5.75 Å². The molecule has 1 aliphatic heterocycles. The van der Waals surface area contributed by atoms with Crippen molar-refractivity contribution in [1.29, 1.82) is 0 Å². The van der Waals surface area contributed by atoms with E-state index >= 15 is 0 Å². The molecule has 1 heterocycles. The van der Waals surface area contributed by atoms with E-state index in [0.29, 0.717) is 19.3 Å². The van der Waals surface area contributed by atoms with Gasteiger partial charge < -0.3 is 15.3 Å². The number of hydrogen-bond acceptors (Lipinski definition) is 5. The SMILES string of the molecule is CC/C(=C\c1cccc(O)c1)CC[C@@H](O)C1=C(C)C[C@H]2C(=O)N(C3CCCCC3)C(=O)[C@H]2[C@H]1CO. The number of likely N-dealkylation sites (tertiary alicyclic amines) is 1. The Kier molecular flexibility index (Phi) is 8.12. The van der Waals surface area contributed by atoms with Gasteiger partial charge in [-0.1, -0.05) is 55.5 Å². The van der Waals surface area contributed by atoms with Crippen LogP contribution in [0.2, 0.25) is 0 Å². The fourth-order valence-corrected chi connectivity index (χ4v) is 6.52. The summed E-state index contributed by atoms with van der Waals surface area (Å²) >= 11 is 0. The molecule has 0 spiro atoms. The van der Waals surface area contributed by atoms with E-state index in [0.717, 1.165) is 60.8 Å². The molecule has 3 aliphatic rings. The van der Waals surface area contributed by atoms with Crippen molar-refractivity contribution in [1.82, 2.24) is 4.90 Å². The highest BCUT2D eigenvalue weighted by atomic mass is 16.3. The summed E-state index contributed by atoms with van der Waals surface area (Å²) in [5.74, 6) is -1.53. The van der Waals surface area contributed by atoms with Crippen LogP contribution in [0.3, 0.4) is 0 Å². The van der Waals surface area contributed by atoms with E-state index < -0.39 is 23.9 Å². The van der Waals surface area contributed by atoms with Crippen LogP contribution in [0, 0.1) is 17.8 Å². The molecule has 1 aromatic rings. The van der Waals surface area contributed by atoms with Crippen molar-refractivity contribution in [2.75, 3.05) is 6.61 Å². The molecule has 2 aliphatic carbocycles. The number of carbonyl (C=O) groups is 2. The molecule has 0 aromatic heterocycles. The molecule has 6 nitrogen and oxygen atoms in total. The summed E-state index contributed by atoms with van der Waals surface area (Å²) in [6.45, 7) is 3.75. The lowest BCUT2D eigenvalue weighted by Gasteiger charge is -2.35. The molecule has 190 valence electrons. The normalized spacial score (nSPS) is 26.9. The van der Waals surface area contributed by atoms with E-state index in [1.165, 1.54) is 4.90 Å². The largest absolute Gasteiger partial charge is 0.508 e. The molecule has 2 fully saturated rings. The lowest BCUT2D eigenvalue weighted by molar-refractivity contribution is -0.143. The van der Waals surface area contributed by atoms with Gasteiger partial charge in [0, 0.05) is 12.0 Å². The number of nitrogens with zero attached hydrogens (tertiary/aromatic N) is 1. The number of amides is 2. The number of benzene rings is 1. The molecule has 0 unspecified atom stereocenters. The summed E-state index contributed by atoms with van der Waals surface area (Å²) in [5, 5.41) is 31.3. The summed E-state index contributed by atoms with van der Waals surface area (Å²) in [5.41, 5.74) is 3.74. The third kappa shape index (κ3) is 5.24. The van der Waals surface area contributed by atoms with E-state index in [1.54, 1.807) is 18.2 Å². The van der Waals surface area contributed by atoms with Crippen LogP contribution in [0.5, 0.6) is 5.75 Å². The van der Waals surface area contributed by atoms with Crippen LogP contribution in [0.25, 0.3) is 6.08 Å². The number of aliphatic hydroxyl groups excluding tert-OH is 2. The van der Waals surface area contributed by atoms with Crippen LogP contribution in [-0.4, -0.2) is 50.8 Å². The highest BCUT2D eigenvalue weighted by Gasteiger charge is 2.55. The van der Waals surface area contributed by atoms with Gasteiger partial charge in [-0.05, 0) is 68.7 Å². The molecule has 3 N–H and O–H groups in total. The van der Waals surface area contributed by atoms with Gasteiger partial charge in [-0.15, -0.1) is 0 Å². The number of hydrogen-bond donors (Lipinski definition) is 3. The van der Waals surface area contributed by atoms with Crippen molar-refractivity contribution in [3.63, 3.8) is 0 Å². The molecular formula is C29H39NO5. The minimum absolute atomic E-state index is 0.0166. The van der Waals surface area contributed by atoms with Crippen molar-refractivity contribution in [2.24, 2.45) is 17.8 Å². The van der Waals surface area contributed by atoms with E-state index in [-0.39, 0.29) is 30.2 Å². The lowest BCUT2D eigenvalue weighted by Crippen LogP contribution is -2.42. The minimum atomic E-state index is -0.779. The van der Waals surface area contributed by atoms with Gasteiger partial charge in [-0.25, -0.2) is 0 Å². The first-order valence-corrected chi connectivity index (χ1v) is 13.2. The van der Waals surface area contributed by atoms with E-state index in [1.807, 2.05) is 19.1 Å². The van der Waals surface area contributed by atoms with E-state index in [9.17, 15) is 24.9 Å². The maximum absolute atomic E-state index is 13.5. The summed E-state index contributed by atoms with van der Waals surface area (Å²) < 4.78 is 0. The number of imide groups is 1. The van der Waals surface area contributed by atoms with Gasteiger partial charge >= 0.3 is 0 Å². The number of rotatable bonds is 8. The first-order valence-electron chi connectivity index (χ1n) is 13.2. The van der Waals surface area contributed by atoms with Gasteiger partial charge in [0.15, 0.2) is 0 Å². The quantitative estimate of drug-likeness (QED) is 0.373. The van der Waals surface area contributed by atoms with Crippen molar-refractivity contribution in [2.45, 2.75) is 83.8 Å². The van der Waals surface area contributed by atoms with E-state index in [4.69, 9.17) is 0 Å². The van der Waals surface area contributed by atoms with Crippen LogP contribution in [-0.2, 0) is 9.59 Å². The highest BCUT2D eigenvalue weighted by Crippen LogP contribution is 2.47. The van der Waals surface area contributed by atoms with Gasteiger partial charge in [0.25, 0.3) is 0 Å². The second-order valence-corrected chi connectivity index (χ2v) is 10.5. The van der Waals surface area contributed by atoms with Crippen LogP contribution in [0.4, 0.5) is 0 Å². The molecular weight excluding hydrogens is 442 g/mol. The molecule has 6 heteroatoms. The van der Waals surface area contributed by atoms with Crippen LogP contribution < -0.4 is 0 Å². The second kappa shape index (κ2) is 11.1. The molecule has 35 heavy (non-hydrogen) atoms. The zero-order chi connectivity index (χ0) is 25.1. The first-order chi connectivity index (χ1) is 16.8. The van der Waals surface area contributed by atoms with Gasteiger partial charge in [0.2, 0.25) is 11.8 Å². The average Bonchev–Trinajstić information content (AvgIpc) is 3.10. The number of phenolic OH excluding ortho intramolecular Hbond substituents is 1. The van der Waals surface area contributed by atoms with Crippen LogP contribution >= 0.6 is 0 Å². The summed E-state index contributed by atoms with van der Waals surface area (Å²) in [7, 11) is 0. The second-order valence-electron chi connectivity index (χ2n) is 10.5. The maximum Gasteiger partial charge on any atom is 0.234 e. The monoisotopic (exact) mass is 481 g/mol. The van der Waals surface area contributed by atoms with Crippen LogP contribution in [0.15, 0.2) is 41.0 Å². The lowest BCUT2D eigenvalue weighted by atomic mass is 9.68. The number of aromatic hydroxyl groups is 1. The smallest absolute Gasteiger partial charge is 0.234 e. The maximum atomic E-state index is 13.5. The van der Waals surface area contributed by atoms with Gasteiger partial charge in [-0.3, -0.25) is 14.5 Å². The summed E-state index contributed by atoms with van der Waals surface area (Å²) in [6, 6.07) is 7.07. The Morgan fingerprint density at radius 2 is 1.91 bits per heavy atom. The fourth-order valence-electron chi connectivity index (χ4n) is 6.52. The summed E-state index contributed by atoms with van der Waals surface area (Å²) in [6.07, 6.45) is 8.66. The molecule has 1 saturated carbocycles. The topological polar surface area (TPSA) is 98.1 Å². The number of fused-ring (bicyclic) bond motifs is 1. The third-order valence-electron chi connectivity index (χ3n) is 8.29. The Bertz CT molecular complexity index is 1010. The Hall–Kier alpha value is -2.44. The molecule has 1 aromatic carbocycles. The molecule has 1 saturated heterocycles. The predicted molar refractivity (Wildman–Crippen MR) is 135 cm³/mol. The zero-order valence-corrected chi connectivity index (χ0v) is 20.9. The minimum Gasteiger partial charge on any atom is -0.508 e. The first kappa shape index (κ1) is 25.6. The van der Waals surface area contributed by atoms with Gasteiger partial charge in [-0.2, -0.15) is 0 Å². The van der Waals surface area contributed by atoms with Gasteiger partial charge in [0.05, 0.1) is 24.5 Å². The van der Waals surface area contributed by atoms with Gasteiger partial charge in [0.1, 0.15) is 5.75 Å². The van der Waals surface area contributed by atoms with Crippen LogP contribution in [0.1, 0.15) is 77.2 Å². The standard InChI is InChI=1S/C29H39NO5/c1-3-19(15-20-8-7-11-22(32)16-20)12-13-25(33)26-18(2)14-23-27(24(26)17-31)29(35)30(28(23)34)21-9-5-4-6-10-21/h7-8,11,15-16,21,23-25,27,31-33H,3-6,9-10,12-14,17H2,1-2H3/b19-15+/t23-,24+,25-,27-/m1/s1. The van der Waals surface area contributed by atoms with Crippen molar-refractivity contribution < 1.29 is 24.9 Å². The third-order valence-corrected chi connectivity index (χ3v) is 8.29. The van der Waals surface area contributed by atoms with Crippen molar-refractivity contribution >= 4 is 17.9 Å². The number of phenols is 1. The Labute approximate surface area is 208 Å². The summed E-state index contributed by atoms with van der Waals surface area (Å²) in [4.78, 5) is 28.3. The molecule has 4 atom stereocenters. The molecule has 0 radical (unpaired) electrons. The molecule has 0 bridgehead atoms. The zero-order valence-electron chi connectivity index (χ0n) is 20.9. The number of carbonyl (C=O) groups excluding carboxylic acids is 2. The Morgan fingerprint density at radius 1 is 1.17 bits per heavy atom. The Balaban J connectivity index is 1.50. The predicted octanol–water partition coefficient (Wildman–Crippen LogP) is 4.59. The number of aliphatic hydroxyl groups is 2. The average molecular weight is 482 g/mol. The number of allylic oxidation sites excluding steroid dienone is 2. The highest BCUT2D eigenvalue weighted by molar-refractivity contribution is 6.06. The molecule has 2 amide bonds. The Morgan fingerprint density at radius 3 is 2.57 bits per heavy atom. The molecule has 4 rings (SSSR count). The van der Waals surface area contributed by atoms with Crippen molar-refractivity contribution in [3.05, 3.63) is 46.5 Å². The fraction of sp³-hybridized carbons (Fsp3) is 0.586.